The van der Waals surface area contributed by atoms with Gasteiger partial charge in [0.15, 0.2) is 0 Å². The van der Waals surface area contributed by atoms with Crippen molar-refractivity contribution in [3.8, 4) is 0 Å². The third-order valence-electron chi connectivity index (χ3n) is 3.80. The standard InChI is InChI=1S/C19H12ClF3N2O3S/c20-12-6-4-11(5-7-12)19(26)24-17-9-8-13(10-16(17)23)29(27,28)25-18-14(21)2-1-3-15(18)22/h1-10,25H,(H,24,26). The van der Waals surface area contributed by atoms with E-state index in [1.807, 2.05) is 0 Å². The molecule has 2 N–H and O–H groups in total. The van der Waals surface area contributed by atoms with E-state index in [2.05, 4.69) is 5.32 Å². The van der Waals surface area contributed by atoms with Crippen LogP contribution < -0.4 is 10.0 Å². The highest BCUT2D eigenvalue weighted by atomic mass is 35.5. The molecule has 0 radical (unpaired) electrons. The molecule has 0 fully saturated rings. The number of benzene rings is 3. The largest absolute Gasteiger partial charge is 0.319 e. The van der Waals surface area contributed by atoms with E-state index in [0.29, 0.717) is 11.1 Å². The smallest absolute Gasteiger partial charge is 0.262 e. The van der Waals surface area contributed by atoms with E-state index in [-0.39, 0.29) is 11.3 Å². The molecule has 0 saturated carbocycles. The van der Waals surface area contributed by atoms with E-state index in [0.717, 1.165) is 30.3 Å². The topological polar surface area (TPSA) is 75.3 Å². The van der Waals surface area contributed by atoms with Crippen molar-refractivity contribution >= 4 is 38.9 Å². The van der Waals surface area contributed by atoms with E-state index in [4.69, 9.17) is 11.6 Å². The summed E-state index contributed by atoms with van der Waals surface area (Å²) in [5, 5.41) is 2.72. The quantitative estimate of drug-likeness (QED) is 0.597. The monoisotopic (exact) mass is 440 g/mol. The minimum atomic E-state index is -4.48. The second-order valence-corrected chi connectivity index (χ2v) is 7.92. The van der Waals surface area contributed by atoms with E-state index in [1.165, 1.54) is 24.3 Å². The summed E-state index contributed by atoms with van der Waals surface area (Å²) in [6, 6.07) is 11.3. The molecule has 0 aliphatic rings. The lowest BCUT2D eigenvalue weighted by atomic mass is 10.2. The Hall–Kier alpha value is -3.04. The molecule has 3 aromatic carbocycles. The average Bonchev–Trinajstić information content (AvgIpc) is 2.67. The van der Waals surface area contributed by atoms with Crippen molar-refractivity contribution in [3.63, 3.8) is 0 Å². The fourth-order valence-electron chi connectivity index (χ4n) is 2.35. The molecule has 0 aromatic heterocycles. The maximum absolute atomic E-state index is 14.3. The number of para-hydroxylation sites is 1. The van der Waals surface area contributed by atoms with Crippen molar-refractivity contribution in [1.29, 1.82) is 0 Å². The highest BCUT2D eigenvalue weighted by Gasteiger charge is 2.21. The first kappa shape index (κ1) is 20.7. The average molecular weight is 441 g/mol. The van der Waals surface area contributed by atoms with Gasteiger partial charge in [-0.2, -0.15) is 0 Å². The lowest BCUT2D eigenvalue weighted by Crippen LogP contribution is -2.16. The van der Waals surface area contributed by atoms with Gasteiger partial charge in [0.2, 0.25) is 0 Å². The highest BCUT2D eigenvalue weighted by Crippen LogP contribution is 2.25. The first-order chi connectivity index (χ1) is 13.7. The molecular weight excluding hydrogens is 429 g/mol. The molecule has 0 aliphatic heterocycles. The molecule has 5 nitrogen and oxygen atoms in total. The minimum Gasteiger partial charge on any atom is -0.319 e. The van der Waals surface area contributed by atoms with Crippen LogP contribution in [0.1, 0.15) is 10.4 Å². The van der Waals surface area contributed by atoms with Gasteiger partial charge in [-0.05, 0) is 54.6 Å². The van der Waals surface area contributed by atoms with Gasteiger partial charge in [0, 0.05) is 10.6 Å². The summed E-state index contributed by atoms with van der Waals surface area (Å²) in [4.78, 5) is 11.6. The molecule has 0 unspecified atom stereocenters. The third-order valence-corrected chi connectivity index (χ3v) is 5.40. The van der Waals surface area contributed by atoms with Crippen molar-refractivity contribution in [3.05, 3.63) is 88.7 Å². The third kappa shape index (κ3) is 4.69. The lowest BCUT2D eigenvalue weighted by molar-refractivity contribution is 0.102. The first-order valence-corrected chi connectivity index (χ1v) is 9.87. The maximum Gasteiger partial charge on any atom is 0.262 e. The predicted octanol–water partition coefficient (Wildman–Crippen LogP) is 4.81. The summed E-state index contributed by atoms with van der Waals surface area (Å²) in [5.74, 6) is -3.94. The van der Waals surface area contributed by atoms with E-state index in [9.17, 15) is 26.4 Å². The zero-order valence-electron chi connectivity index (χ0n) is 14.4. The van der Waals surface area contributed by atoms with Crippen molar-refractivity contribution in [2.24, 2.45) is 0 Å². The van der Waals surface area contributed by atoms with Crippen LogP contribution in [-0.4, -0.2) is 14.3 Å². The van der Waals surface area contributed by atoms with E-state index >= 15 is 0 Å². The van der Waals surface area contributed by atoms with Crippen LogP contribution in [0, 0.1) is 17.5 Å². The zero-order valence-corrected chi connectivity index (χ0v) is 16.0. The molecule has 0 saturated heterocycles. The fraction of sp³-hybridized carbons (Fsp3) is 0. The van der Waals surface area contributed by atoms with Gasteiger partial charge in [0.05, 0.1) is 10.6 Å². The molecule has 3 rings (SSSR count). The Morgan fingerprint density at radius 3 is 2.07 bits per heavy atom. The van der Waals surface area contributed by atoms with Gasteiger partial charge in [0.25, 0.3) is 15.9 Å². The number of anilines is 2. The van der Waals surface area contributed by atoms with Crippen molar-refractivity contribution in [2.75, 3.05) is 10.0 Å². The number of carbonyl (C=O) groups is 1. The van der Waals surface area contributed by atoms with Gasteiger partial charge in [-0.3, -0.25) is 9.52 Å². The summed E-state index contributed by atoms with van der Waals surface area (Å²) >= 11 is 5.74. The van der Waals surface area contributed by atoms with Crippen LogP contribution in [0.15, 0.2) is 65.6 Å². The SMILES string of the molecule is O=C(Nc1ccc(S(=O)(=O)Nc2c(F)cccc2F)cc1F)c1ccc(Cl)cc1. The Morgan fingerprint density at radius 1 is 0.862 bits per heavy atom. The van der Waals surface area contributed by atoms with Crippen LogP contribution in [0.2, 0.25) is 5.02 Å². The minimum absolute atomic E-state index is 0.210. The summed E-state index contributed by atoms with van der Waals surface area (Å²) in [5.41, 5.74) is -0.948. The lowest BCUT2D eigenvalue weighted by Gasteiger charge is -2.11. The van der Waals surface area contributed by atoms with Crippen LogP contribution >= 0.6 is 11.6 Å². The van der Waals surface area contributed by atoms with Gasteiger partial charge in [-0.1, -0.05) is 17.7 Å². The molecule has 0 bridgehead atoms. The molecule has 29 heavy (non-hydrogen) atoms. The first-order valence-electron chi connectivity index (χ1n) is 8.01. The number of hydrogen-bond donors (Lipinski definition) is 2. The Labute approximate surface area is 169 Å². The van der Waals surface area contributed by atoms with E-state index in [1.54, 1.807) is 4.72 Å². The summed E-state index contributed by atoms with van der Waals surface area (Å²) < 4.78 is 68.1. The van der Waals surface area contributed by atoms with Crippen LogP contribution in [0.4, 0.5) is 24.5 Å². The van der Waals surface area contributed by atoms with Gasteiger partial charge in [-0.15, -0.1) is 0 Å². The number of rotatable bonds is 5. The molecule has 0 heterocycles. The molecule has 3 aromatic rings. The van der Waals surface area contributed by atoms with Crippen molar-refractivity contribution in [2.45, 2.75) is 4.90 Å². The van der Waals surface area contributed by atoms with Crippen LogP contribution in [-0.2, 0) is 10.0 Å². The Morgan fingerprint density at radius 2 is 1.48 bits per heavy atom. The molecule has 0 aliphatic carbocycles. The summed E-state index contributed by atoms with van der Waals surface area (Å²) in [6.45, 7) is 0. The maximum atomic E-state index is 14.3. The second-order valence-electron chi connectivity index (χ2n) is 5.80. The molecular formula is C19H12ClF3N2O3S. The number of hydrogen-bond acceptors (Lipinski definition) is 3. The zero-order chi connectivity index (χ0) is 21.2. The molecule has 1 amide bonds. The van der Waals surface area contributed by atoms with Gasteiger partial charge < -0.3 is 5.32 Å². The number of carbonyl (C=O) groups excluding carboxylic acids is 1. The Balaban J connectivity index is 1.83. The highest BCUT2D eigenvalue weighted by molar-refractivity contribution is 7.92. The number of amides is 1. The van der Waals surface area contributed by atoms with Crippen LogP contribution in [0.25, 0.3) is 0 Å². The van der Waals surface area contributed by atoms with Gasteiger partial charge in [0.1, 0.15) is 23.1 Å². The second kappa shape index (κ2) is 8.14. The number of sulfonamides is 1. The van der Waals surface area contributed by atoms with Crippen LogP contribution in [0.5, 0.6) is 0 Å². The molecule has 150 valence electrons. The fourth-order valence-corrected chi connectivity index (χ4v) is 3.56. The Bertz CT molecular complexity index is 1170. The number of halogens is 4. The predicted molar refractivity (Wildman–Crippen MR) is 103 cm³/mol. The van der Waals surface area contributed by atoms with E-state index < -0.39 is 44.0 Å². The number of nitrogens with one attached hydrogen (secondary N) is 2. The molecule has 10 heteroatoms. The molecule has 0 spiro atoms. The van der Waals surface area contributed by atoms with Crippen molar-refractivity contribution in [1.82, 2.24) is 0 Å². The van der Waals surface area contributed by atoms with Crippen molar-refractivity contribution < 1.29 is 26.4 Å². The van der Waals surface area contributed by atoms with Crippen LogP contribution in [0.3, 0.4) is 0 Å². The normalized spacial score (nSPS) is 11.2. The Kier molecular flexibility index (Phi) is 5.81. The molecule has 0 atom stereocenters. The van der Waals surface area contributed by atoms with Gasteiger partial charge in [-0.25, -0.2) is 21.6 Å². The summed E-state index contributed by atoms with van der Waals surface area (Å²) in [7, 11) is -4.48. The van der Waals surface area contributed by atoms with Gasteiger partial charge >= 0.3 is 0 Å². The summed E-state index contributed by atoms with van der Waals surface area (Å²) in [6.07, 6.45) is 0.